The van der Waals surface area contributed by atoms with Crippen LogP contribution in [0.1, 0.15) is 51.9 Å². The summed E-state index contributed by atoms with van der Waals surface area (Å²) in [5.74, 6) is 0. The summed E-state index contributed by atoms with van der Waals surface area (Å²) in [6.07, 6.45) is -1.58. The average Bonchev–Trinajstić information content (AvgIpc) is 2.25. The van der Waals surface area contributed by atoms with Crippen LogP contribution in [-0.2, 0) is 4.74 Å². The molecule has 1 unspecified atom stereocenters. The lowest BCUT2D eigenvalue weighted by Gasteiger charge is -2.13. The van der Waals surface area contributed by atoms with Gasteiger partial charge >= 0.3 is 6.18 Å². The zero-order valence-electron chi connectivity index (χ0n) is 10.4. The molecule has 0 saturated carbocycles. The minimum Gasteiger partial charge on any atom is -0.384 e. The van der Waals surface area contributed by atoms with E-state index in [0.29, 0.717) is 6.42 Å². The van der Waals surface area contributed by atoms with Crippen molar-refractivity contribution in [1.82, 2.24) is 0 Å². The third-order valence-corrected chi connectivity index (χ3v) is 2.60. The van der Waals surface area contributed by atoms with Gasteiger partial charge in [0.1, 0.15) is 6.10 Å². The Morgan fingerprint density at radius 1 is 1.00 bits per heavy atom. The fourth-order valence-electron chi connectivity index (χ4n) is 1.56. The first kappa shape index (κ1) is 16.7. The number of unbranched alkanes of at least 4 members (excludes halogenated alkanes) is 5. The number of alkyl halides is 3. The van der Waals surface area contributed by atoms with Gasteiger partial charge in [0.15, 0.2) is 0 Å². The summed E-state index contributed by atoms with van der Waals surface area (Å²) < 4.78 is 41.0. The van der Waals surface area contributed by atoms with Crippen molar-refractivity contribution in [1.29, 1.82) is 0 Å². The SMILES string of the molecule is CCOCCCCCCCCC(O)C(F)(F)F. The highest BCUT2D eigenvalue weighted by molar-refractivity contribution is 4.64. The first-order valence-electron chi connectivity index (χ1n) is 6.31. The Kier molecular flexibility index (Phi) is 9.55. The van der Waals surface area contributed by atoms with Crippen molar-refractivity contribution in [2.24, 2.45) is 0 Å². The van der Waals surface area contributed by atoms with Crippen LogP contribution in [0.2, 0.25) is 0 Å². The van der Waals surface area contributed by atoms with Crippen molar-refractivity contribution in [3.8, 4) is 0 Å². The van der Waals surface area contributed by atoms with E-state index in [1.165, 1.54) is 0 Å². The van der Waals surface area contributed by atoms with E-state index in [1.807, 2.05) is 6.92 Å². The fraction of sp³-hybridized carbons (Fsp3) is 1.00. The molecule has 0 aliphatic carbocycles. The molecular formula is C12H23F3O2. The van der Waals surface area contributed by atoms with Gasteiger partial charge in [-0.3, -0.25) is 0 Å². The standard InChI is InChI=1S/C12H23F3O2/c1-2-17-10-8-6-4-3-5-7-9-11(16)12(13,14)15/h11,16H,2-10H2,1H3. The maximum atomic E-state index is 11.9. The lowest BCUT2D eigenvalue weighted by molar-refractivity contribution is -0.205. The Hall–Kier alpha value is -0.290. The number of aliphatic hydroxyl groups is 1. The van der Waals surface area contributed by atoms with Crippen LogP contribution in [0.4, 0.5) is 13.2 Å². The van der Waals surface area contributed by atoms with Crippen molar-refractivity contribution >= 4 is 0 Å². The van der Waals surface area contributed by atoms with Crippen LogP contribution in [0.25, 0.3) is 0 Å². The molecule has 0 amide bonds. The molecule has 5 heteroatoms. The first-order valence-corrected chi connectivity index (χ1v) is 6.31. The predicted octanol–water partition coefficient (Wildman–Crippen LogP) is 3.68. The number of hydrogen-bond donors (Lipinski definition) is 1. The van der Waals surface area contributed by atoms with Crippen LogP contribution in [0.5, 0.6) is 0 Å². The van der Waals surface area contributed by atoms with Crippen molar-refractivity contribution in [3.63, 3.8) is 0 Å². The summed E-state index contributed by atoms with van der Waals surface area (Å²) in [6.45, 7) is 3.45. The molecular weight excluding hydrogens is 233 g/mol. The molecule has 0 aliphatic heterocycles. The molecule has 0 aromatic rings. The van der Waals surface area contributed by atoms with Gasteiger partial charge in [-0.2, -0.15) is 13.2 Å². The molecule has 0 aromatic carbocycles. The summed E-state index contributed by atoms with van der Waals surface area (Å²) in [5, 5.41) is 8.74. The second-order valence-electron chi connectivity index (χ2n) is 4.16. The molecule has 0 aliphatic rings. The van der Waals surface area contributed by atoms with Gasteiger partial charge in [-0.05, 0) is 19.8 Å². The molecule has 0 rings (SSSR count). The third kappa shape index (κ3) is 10.6. The molecule has 0 spiro atoms. The normalized spacial score (nSPS) is 13.9. The molecule has 104 valence electrons. The molecule has 0 bridgehead atoms. The Morgan fingerprint density at radius 3 is 2.06 bits per heavy atom. The van der Waals surface area contributed by atoms with Gasteiger partial charge in [0.05, 0.1) is 0 Å². The fourth-order valence-corrected chi connectivity index (χ4v) is 1.56. The van der Waals surface area contributed by atoms with Gasteiger partial charge in [-0.1, -0.05) is 32.1 Å². The monoisotopic (exact) mass is 256 g/mol. The lowest BCUT2D eigenvalue weighted by atomic mass is 10.1. The zero-order chi connectivity index (χ0) is 13.1. The highest BCUT2D eigenvalue weighted by Gasteiger charge is 2.37. The molecule has 0 heterocycles. The maximum Gasteiger partial charge on any atom is 0.414 e. The minimum absolute atomic E-state index is 0.178. The maximum absolute atomic E-state index is 11.9. The molecule has 1 atom stereocenters. The smallest absolute Gasteiger partial charge is 0.384 e. The van der Waals surface area contributed by atoms with E-state index in [9.17, 15) is 13.2 Å². The van der Waals surface area contributed by atoms with Gasteiger partial charge in [0.25, 0.3) is 0 Å². The van der Waals surface area contributed by atoms with Gasteiger partial charge in [-0.15, -0.1) is 0 Å². The van der Waals surface area contributed by atoms with E-state index in [1.54, 1.807) is 0 Å². The van der Waals surface area contributed by atoms with Gasteiger partial charge in [-0.25, -0.2) is 0 Å². The summed E-state index contributed by atoms with van der Waals surface area (Å²) in [6, 6.07) is 0. The highest BCUT2D eigenvalue weighted by atomic mass is 19.4. The molecule has 0 aromatic heterocycles. The highest BCUT2D eigenvalue weighted by Crippen LogP contribution is 2.24. The second-order valence-corrected chi connectivity index (χ2v) is 4.16. The Bertz CT molecular complexity index is 172. The van der Waals surface area contributed by atoms with E-state index in [4.69, 9.17) is 9.84 Å². The van der Waals surface area contributed by atoms with Crippen LogP contribution in [0.15, 0.2) is 0 Å². The molecule has 0 radical (unpaired) electrons. The Morgan fingerprint density at radius 2 is 1.53 bits per heavy atom. The average molecular weight is 256 g/mol. The number of hydrogen-bond acceptors (Lipinski definition) is 2. The number of aliphatic hydroxyl groups excluding tert-OH is 1. The van der Waals surface area contributed by atoms with E-state index in [-0.39, 0.29) is 6.42 Å². The van der Waals surface area contributed by atoms with E-state index in [0.717, 1.165) is 45.3 Å². The quantitative estimate of drug-likeness (QED) is 0.604. The van der Waals surface area contributed by atoms with Crippen LogP contribution >= 0.6 is 0 Å². The summed E-state index contributed by atoms with van der Waals surface area (Å²) in [4.78, 5) is 0. The largest absolute Gasteiger partial charge is 0.414 e. The molecule has 1 N–H and O–H groups in total. The second kappa shape index (κ2) is 9.71. The van der Waals surface area contributed by atoms with Crippen LogP contribution in [-0.4, -0.2) is 30.6 Å². The minimum atomic E-state index is -4.46. The van der Waals surface area contributed by atoms with Crippen LogP contribution in [0.3, 0.4) is 0 Å². The lowest BCUT2D eigenvalue weighted by Crippen LogP contribution is -2.28. The molecule has 2 nitrogen and oxygen atoms in total. The van der Waals surface area contributed by atoms with E-state index in [2.05, 4.69) is 0 Å². The third-order valence-electron chi connectivity index (χ3n) is 2.60. The van der Waals surface area contributed by atoms with Crippen molar-refractivity contribution in [2.45, 2.75) is 64.1 Å². The first-order chi connectivity index (χ1) is 7.98. The van der Waals surface area contributed by atoms with E-state index < -0.39 is 12.3 Å². The molecule has 0 fully saturated rings. The number of ether oxygens (including phenoxy) is 1. The summed E-state index contributed by atoms with van der Waals surface area (Å²) in [7, 11) is 0. The Labute approximate surface area is 101 Å². The number of rotatable bonds is 10. The van der Waals surface area contributed by atoms with Crippen LogP contribution < -0.4 is 0 Å². The topological polar surface area (TPSA) is 29.5 Å². The van der Waals surface area contributed by atoms with Crippen molar-refractivity contribution in [3.05, 3.63) is 0 Å². The van der Waals surface area contributed by atoms with Gasteiger partial charge in [0, 0.05) is 13.2 Å². The summed E-state index contributed by atoms with van der Waals surface area (Å²) >= 11 is 0. The Balaban J connectivity index is 3.19. The van der Waals surface area contributed by atoms with Gasteiger partial charge < -0.3 is 9.84 Å². The van der Waals surface area contributed by atoms with Gasteiger partial charge in [0.2, 0.25) is 0 Å². The van der Waals surface area contributed by atoms with Crippen molar-refractivity contribution in [2.75, 3.05) is 13.2 Å². The van der Waals surface area contributed by atoms with Crippen molar-refractivity contribution < 1.29 is 23.0 Å². The van der Waals surface area contributed by atoms with Crippen LogP contribution in [0, 0.1) is 0 Å². The van der Waals surface area contributed by atoms with E-state index >= 15 is 0 Å². The summed E-state index contributed by atoms with van der Waals surface area (Å²) in [5.41, 5.74) is 0. The number of halogens is 3. The zero-order valence-corrected chi connectivity index (χ0v) is 10.4. The molecule has 0 saturated heterocycles. The predicted molar refractivity (Wildman–Crippen MR) is 60.9 cm³/mol. The molecule has 17 heavy (non-hydrogen) atoms.